The number of rotatable bonds is 2. The quantitative estimate of drug-likeness (QED) is 0.541. The molecule has 0 heterocycles. The molecule has 0 aromatic rings. The summed E-state index contributed by atoms with van der Waals surface area (Å²) in [5.74, 6) is 0. The fourth-order valence-corrected chi connectivity index (χ4v) is 0.212. The van der Waals surface area contributed by atoms with E-state index in [2.05, 4.69) is 21.1 Å². The molecule has 0 aromatic carbocycles. The molecule has 0 fully saturated rings. The standard InChI is InChI=1S/C7H18NO/c1-7(2,6-9)8(3,4)5/h9H,6H2,1-5H3/q+1. The van der Waals surface area contributed by atoms with E-state index in [1.807, 2.05) is 13.8 Å². The molecule has 0 radical (unpaired) electrons. The lowest BCUT2D eigenvalue weighted by molar-refractivity contribution is -0.920. The van der Waals surface area contributed by atoms with E-state index in [1.165, 1.54) is 0 Å². The van der Waals surface area contributed by atoms with E-state index in [9.17, 15) is 0 Å². The van der Waals surface area contributed by atoms with Crippen molar-refractivity contribution < 1.29 is 9.59 Å². The summed E-state index contributed by atoms with van der Waals surface area (Å²) in [5.41, 5.74) is -0.0278. The van der Waals surface area contributed by atoms with Crippen molar-refractivity contribution in [2.45, 2.75) is 19.4 Å². The van der Waals surface area contributed by atoms with Gasteiger partial charge in [-0.15, -0.1) is 0 Å². The normalized spacial score (nSPS) is 14.0. The van der Waals surface area contributed by atoms with Crippen molar-refractivity contribution in [1.82, 2.24) is 0 Å². The first-order valence-corrected chi connectivity index (χ1v) is 3.24. The van der Waals surface area contributed by atoms with Crippen LogP contribution < -0.4 is 0 Å². The molecule has 9 heavy (non-hydrogen) atoms. The van der Waals surface area contributed by atoms with Crippen molar-refractivity contribution in [3.63, 3.8) is 0 Å². The SMILES string of the molecule is CC(C)(CO)[N+](C)(C)C. The predicted molar refractivity (Wildman–Crippen MR) is 39.2 cm³/mol. The largest absolute Gasteiger partial charge is 0.390 e. The van der Waals surface area contributed by atoms with Crippen LogP contribution >= 0.6 is 0 Å². The van der Waals surface area contributed by atoms with Crippen molar-refractivity contribution in [3.8, 4) is 0 Å². The Morgan fingerprint density at radius 3 is 1.56 bits per heavy atom. The molecule has 0 bridgehead atoms. The molecule has 0 aliphatic rings. The lowest BCUT2D eigenvalue weighted by Crippen LogP contribution is -2.55. The second-order valence-electron chi connectivity index (χ2n) is 3.98. The van der Waals surface area contributed by atoms with E-state index in [0.29, 0.717) is 0 Å². The van der Waals surface area contributed by atoms with Gasteiger partial charge >= 0.3 is 0 Å². The van der Waals surface area contributed by atoms with E-state index >= 15 is 0 Å². The van der Waals surface area contributed by atoms with Crippen LogP contribution in [0.3, 0.4) is 0 Å². The monoisotopic (exact) mass is 132 g/mol. The summed E-state index contributed by atoms with van der Waals surface area (Å²) >= 11 is 0. The van der Waals surface area contributed by atoms with E-state index < -0.39 is 0 Å². The maximum atomic E-state index is 8.91. The molecular formula is C7H18NO+. The van der Waals surface area contributed by atoms with E-state index in [1.54, 1.807) is 0 Å². The zero-order valence-electron chi connectivity index (χ0n) is 7.10. The molecule has 0 saturated carbocycles. The average Bonchev–Trinajstić information content (AvgIpc) is 1.64. The Bertz CT molecular complexity index is 91.6. The molecule has 0 saturated heterocycles. The van der Waals surface area contributed by atoms with Gasteiger partial charge in [-0.25, -0.2) is 0 Å². The van der Waals surface area contributed by atoms with Crippen LogP contribution in [-0.4, -0.2) is 42.9 Å². The Hall–Kier alpha value is -0.0800. The minimum atomic E-state index is -0.0278. The van der Waals surface area contributed by atoms with Gasteiger partial charge < -0.3 is 9.59 Å². The maximum absolute atomic E-state index is 8.91. The Kier molecular flexibility index (Phi) is 2.25. The first-order valence-electron chi connectivity index (χ1n) is 3.24. The van der Waals surface area contributed by atoms with Gasteiger partial charge in [0.2, 0.25) is 0 Å². The smallest absolute Gasteiger partial charge is 0.116 e. The Labute approximate surface area is 57.7 Å². The van der Waals surface area contributed by atoms with E-state index in [0.717, 1.165) is 4.48 Å². The summed E-state index contributed by atoms with van der Waals surface area (Å²) < 4.78 is 0.795. The zero-order chi connectivity index (χ0) is 7.71. The fraction of sp³-hybridized carbons (Fsp3) is 1.00. The van der Waals surface area contributed by atoms with Crippen LogP contribution in [0.4, 0.5) is 0 Å². The first-order chi connectivity index (χ1) is 3.81. The maximum Gasteiger partial charge on any atom is 0.116 e. The van der Waals surface area contributed by atoms with Gasteiger partial charge in [0, 0.05) is 0 Å². The number of hydrogen-bond donors (Lipinski definition) is 1. The third kappa shape index (κ3) is 1.95. The number of likely N-dealkylation sites (N-methyl/N-ethyl adjacent to an activating group) is 1. The van der Waals surface area contributed by atoms with Crippen molar-refractivity contribution in [3.05, 3.63) is 0 Å². The first kappa shape index (κ1) is 8.92. The summed E-state index contributed by atoms with van der Waals surface area (Å²) in [6.07, 6.45) is 0. The number of aliphatic hydroxyl groups is 1. The van der Waals surface area contributed by atoms with Gasteiger partial charge in [0.15, 0.2) is 0 Å². The molecule has 56 valence electrons. The van der Waals surface area contributed by atoms with Gasteiger partial charge in [-0.2, -0.15) is 0 Å². The highest BCUT2D eigenvalue weighted by Gasteiger charge is 2.31. The molecule has 0 amide bonds. The summed E-state index contributed by atoms with van der Waals surface area (Å²) in [6.45, 7) is 4.33. The lowest BCUT2D eigenvalue weighted by atomic mass is 10.0. The zero-order valence-corrected chi connectivity index (χ0v) is 7.10. The Balaban J connectivity index is 4.14. The van der Waals surface area contributed by atoms with E-state index in [-0.39, 0.29) is 12.1 Å². The topological polar surface area (TPSA) is 20.2 Å². The second kappa shape index (κ2) is 2.27. The average molecular weight is 132 g/mol. The molecule has 0 aromatic heterocycles. The highest BCUT2D eigenvalue weighted by molar-refractivity contribution is 4.64. The summed E-state index contributed by atoms with van der Waals surface area (Å²) in [6, 6.07) is 0. The number of quaternary nitrogens is 1. The molecule has 0 aliphatic carbocycles. The van der Waals surface area contributed by atoms with Crippen LogP contribution in [0.15, 0.2) is 0 Å². The van der Waals surface area contributed by atoms with Gasteiger partial charge in [0.05, 0.1) is 27.7 Å². The highest BCUT2D eigenvalue weighted by atomic mass is 16.3. The van der Waals surface area contributed by atoms with Gasteiger partial charge in [0.25, 0.3) is 0 Å². The third-order valence-corrected chi connectivity index (χ3v) is 2.20. The molecule has 0 spiro atoms. The lowest BCUT2D eigenvalue weighted by Gasteiger charge is -2.39. The predicted octanol–water partition coefficient (Wildman–Crippen LogP) is 0.464. The van der Waals surface area contributed by atoms with E-state index in [4.69, 9.17) is 5.11 Å². The summed E-state index contributed by atoms with van der Waals surface area (Å²) in [7, 11) is 6.24. The Morgan fingerprint density at radius 2 is 1.56 bits per heavy atom. The second-order valence-corrected chi connectivity index (χ2v) is 3.98. The Morgan fingerprint density at radius 1 is 1.22 bits per heavy atom. The van der Waals surface area contributed by atoms with Crippen molar-refractivity contribution in [1.29, 1.82) is 0 Å². The molecule has 0 aliphatic heterocycles. The van der Waals surface area contributed by atoms with Crippen molar-refractivity contribution in [2.75, 3.05) is 27.7 Å². The van der Waals surface area contributed by atoms with Crippen LogP contribution in [0.1, 0.15) is 13.8 Å². The molecule has 1 N–H and O–H groups in total. The minimum absolute atomic E-state index is 0.0278. The molecular weight excluding hydrogens is 114 g/mol. The minimum Gasteiger partial charge on any atom is -0.390 e. The number of hydrogen-bond acceptors (Lipinski definition) is 1. The van der Waals surface area contributed by atoms with Gasteiger partial charge in [0.1, 0.15) is 5.54 Å². The molecule has 0 rings (SSSR count). The van der Waals surface area contributed by atoms with Crippen LogP contribution in [0.2, 0.25) is 0 Å². The van der Waals surface area contributed by atoms with Crippen LogP contribution in [0.25, 0.3) is 0 Å². The third-order valence-electron chi connectivity index (χ3n) is 2.20. The fourth-order valence-electron chi connectivity index (χ4n) is 0.212. The van der Waals surface area contributed by atoms with Gasteiger partial charge in [-0.1, -0.05) is 0 Å². The summed E-state index contributed by atoms with van der Waals surface area (Å²) in [5, 5.41) is 8.91. The molecule has 2 heteroatoms. The summed E-state index contributed by atoms with van der Waals surface area (Å²) in [4.78, 5) is 0. The van der Waals surface area contributed by atoms with Crippen LogP contribution in [-0.2, 0) is 0 Å². The number of aliphatic hydroxyl groups excluding tert-OH is 1. The van der Waals surface area contributed by atoms with Crippen LogP contribution in [0.5, 0.6) is 0 Å². The van der Waals surface area contributed by atoms with Crippen molar-refractivity contribution in [2.24, 2.45) is 0 Å². The molecule has 0 unspecified atom stereocenters. The van der Waals surface area contributed by atoms with Gasteiger partial charge in [-0.05, 0) is 13.8 Å². The van der Waals surface area contributed by atoms with Gasteiger partial charge in [-0.3, -0.25) is 0 Å². The molecule has 2 nitrogen and oxygen atoms in total. The highest BCUT2D eigenvalue weighted by Crippen LogP contribution is 2.15. The van der Waals surface area contributed by atoms with Crippen LogP contribution in [0, 0.1) is 0 Å². The van der Waals surface area contributed by atoms with Crippen molar-refractivity contribution >= 4 is 0 Å². The number of nitrogens with zero attached hydrogens (tertiary/aromatic N) is 1. The molecule has 0 atom stereocenters.